The number of carbonyl (C=O) groups is 2. The van der Waals surface area contributed by atoms with Gasteiger partial charge >= 0.3 is 5.97 Å². The molecule has 9 nitrogen and oxygen atoms in total. The van der Waals surface area contributed by atoms with E-state index in [2.05, 4.69) is 15.2 Å². The SMILES string of the molecule is Cc1cc(C)c(C(C)C(=O)O)c(C)c1NC(=O)c1sccc1S(=O)(=O)Nc1onc(C)c1Cl. The second kappa shape index (κ2) is 9.16. The van der Waals surface area contributed by atoms with Crippen LogP contribution in [-0.4, -0.2) is 30.6 Å². The molecule has 176 valence electrons. The lowest BCUT2D eigenvalue weighted by Crippen LogP contribution is -2.20. The van der Waals surface area contributed by atoms with E-state index in [-0.39, 0.29) is 20.7 Å². The maximum Gasteiger partial charge on any atom is 0.310 e. The minimum atomic E-state index is -4.20. The Bertz CT molecular complexity index is 1360. The standard InChI is InChI=1S/C21H22ClN3O6S2/c1-9-8-10(2)17(11(3)15(9)12(4)21(27)28)23-19(26)18-14(6-7-32-18)33(29,30)25-20-16(22)13(5)24-31-20/h6-8,12,25H,1-5H3,(H,23,26)(H,27,28). The number of rotatable bonds is 7. The van der Waals surface area contributed by atoms with Crippen LogP contribution in [0.2, 0.25) is 5.02 Å². The van der Waals surface area contributed by atoms with E-state index in [1.165, 1.54) is 11.4 Å². The number of aliphatic carboxylic acids is 1. The highest BCUT2D eigenvalue weighted by atomic mass is 35.5. The van der Waals surface area contributed by atoms with Crippen molar-refractivity contribution in [2.45, 2.75) is 45.4 Å². The Hall–Kier alpha value is -2.89. The van der Waals surface area contributed by atoms with E-state index >= 15 is 0 Å². The molecule has 3 N–H and O–H groups in total. The highest BCUT2D eigenvalue weighted by Gasteiger charge is 2.28. The number of benzene rings is 1. The van der Waals surface area contributed by atoms with Crippen molar-refractivity contribution in [3.8, 4) is 0 Å². The van der Waals surface area contributed by atoms with Crippen LogP contribution in [0.1, 0.15) is 50.5 Å². The molecular weight excluding hydrogens is 490 g/mol. The third-order valence-corrected chi connectivity index (χ3v) is 8.08. The molecule has 0 aliphatic heterocycles. The van der Waals surface area contributed by atoms with Gasteiger partial charge in [-0.25, -0.2) is 13.1 Å². The minimum Gasteiger partial charge on any atom is -0.481 e. The Kier molecular flexibility index (Phi) is 6.87. The largest absolute Gasteiger partial charge is 0.481 e. The predicted molar refractivity (Wildman–Crippen MR) is 126 cm³/mol. The van der Waals surface area contributed by atoms with E-state index in [0.717, 1.165) is 22.5 Å². The summed E-state index contributed by atoms with van der Waals surface area (Å²) in [6, 6.07) is 3.09. The fraction of sp³-hybridized carbons (Fsp3) is 0.286. The smallest absolute Gasteiger partial charge is 0.310 e. The number of carbonyl (C=O) groups excluding carboxylic acids is 1. The van der Waals surface area contributed by atoms with Crippen LogP contribution in [-0.2, 0) is 14.8 Å². The van der Waals surface area contributed by atoms with E-state index in [1.807, 2.05) is 6.92 Å². The van der Waals surface area contributed by atoms with Gasteiger partial charge in [-0.2, -0.15) is 0 Å². The van der Waals surface area contributed by atoms with Crippen LogP contribution in [0.15, 0.2) is 26.9 Å². The molecule has 0 saturated carbocycles. The van der Waals surface area contributed by atoms with Gasteiger partial charge in [0.25, 0.3) is 21.8 Å². The summed E-state index contributed by atoms with van der Waals surface area (Å²) in [7, 11) is -4.20. The summed E-state index contributed by atoms with van der Waals surface area (Å²) in [5, 5.41) is 17.3. The number of carboxylic acids is 1. The van der Waals surface area contributed by atoms with Crippen LogP contribution in [0.25, 0.3) is 0 Å². The predicted octanol–water partition coefficient (Wildman–Crippen LogP) is 4.86. The Balaban J connectivity index is 1.97. The first-order valence-corrected chi connectivity index (χ1v) is 12.5. The lowest BCUT2D eigenvalue weighted by atomic mass is 9.89. The van der Waals surface area contributed by atoms with Gasteiger partial charge in [0.15, 0.2) is 0 Å². The second-order valence-electron chi connectivity index (χ2n) is 7.57. The molecule has 0 radical (unpaired) electrons. The average Bonchev–Trinajstić information content (AvgIpc) is 3.34. The van der Waals surface area contributed by atoms with Crippen molar-refractivity contribution in [3.63, 3.8) is 0 Å². The van der Waals surface area contributed by atoms with Gasteiger partial charge in [-0.05, 0) is 68.3 Å². The van der Waals surface area contributed by atoms with Crippen molar-refractivity contribution in [1.29, 1.82) is 0 Å². The van der Waals surface area contributed by atoms with E-state index in [1.54, 1.807) is 33.8 Å². The first-order chi connectivity index (χ1) is 15.3. The number of aryl methyl sites for hydroxylation is 3. The number of hydrogen-bond donors (Lipinski definition) is 3. The topological polar surface area (TPSA) is 139 Å². The number of carboxylic acid groups (broad SMARTS) is 1. The molecule has 0 bridgehead atoms. The van der Waals surface area contributed by atoms with Crippen LogP contribution in [0, 0.1) is 27.7 Å². The average molecular weight is 512 g/mol. The minimum absolute atomic E-state index is 0.0193. The van der Waals surface area contributed by atoms with Crippen LogP contribution < -0.4 is 10.0 Å². The van der Waals surface area contributed by atoms with Crippen LogP contribution in [0.4, 0.5) is 11.6 Å². The lowest BCUT2D eigenvalue weighted by molar-refractivity contribution is -0.138. The van der Waals surface area contributed by atoms with Crippen molar-refractivity contribution < 1.29 is 27.6 Å². The quantitative estimate of drug-likeness (QED) is 0.411. The van der Waals surface area contributed by atoms with E-state index in [0.29, 0.717) is 22.5 Å². The van der Waals surface area contributed by atoms with Crippen LogP contribution in [0.3, 0.4) is 0 Å². The van der Waals surface area contributed by atoms with Gasteiger partial charge in [0.05, 0.1) is 5.92 Å². The summed E-state index contributed by atoms with van der Waals surface area (Å²) >= 11 is 6.94. The first kappa shape index (κ1) is 24.7. The van der Waals surface area contributed by atoms with Gasteiger partial charge in [0.1, 0.15) is 20.5 Å². The summed E-state index contributed by atoms with van der Waals surface area (Å²) < 4.78 is 32.9. The number of hydrogen-bond acceptors (Lipinski definition) is 7. The summed E-state index contributed by atoms with van der Waals surface area (Å²) in [6.45, 7) is 8.45. The molecule has 0 aliphatic carbocycles. The van der Waals surface area contributed by atoms with Gasteiger partial charge in [-0.3, -0.25) is 9.59 Å². The van der Waals surface area contributed by atoms with E-state index < -0.39 is 27.8 Å². The maximum atomic E-state index is 13.1. The maximum absolute atomic E-state index is 13.1. The third-order valence-electron chi connectivity index (χ3n) is 5.22. The molecule has 3 rings (SSSR count). The van der Waals surface area contributed by atoms with Crippen molar-refractivity contribution in [2.75, 3.05) is 10.0 Å². The summed E-state index contributed by atoms with van der Waals surface area (Å²) in [4.78, 5) is 24.4. The van der Waals surface area contributed by atoms with E-state index in [9.17, 15) is 23.1 Å². The van der Waals surface area contributed by atoms with Crippen molar-refractivity contribution >= 4 is 56.4 Å². The number of thiophene rings is 1. The zero-order valence-corrected chi connectivity index (χ0v) is 20.8. The molecule has 0 saturated heterocycles. The van der Waals surface area contributed by atoms with Gasteiger partial charge in [-0.1, -0.05) is 22.8 Å². The number of anilines is 2. The van der Waals surface area contributed by atoms with Crippen molar-refractivity contribution in [1.82, 2.24) is 5.16 Å². The highest BCUT2D eigenvalue weighted by Crippen LogP contribution is 2.34. The molecule has 1 atom stereocenters. The molecular formula is C21H22ClN3O6S2. The number of nitrogens with zero attached hydrogens (tertiary/aromatic N) is 1. The van der Waals surface area contributed by atoms with Crippen molar-refractivity contribution in [2.24, 2.45) is 0 Å². The molecule has 2 aromatic heterocycles. The number of aromatic nitrogens is 1. The Morgan fingerprint density at radius 3 is 2.45 bits per heavy atom. The summed E-state index contributed by atoms with van der Waals surface area (Å²) in [5.74, 6) is -2.65. The Morgan fingerprint density at radius 1 is 1.21 bits per heavy atom. The van der Waals surface area contributed by atoms with Crippen LogP contribution in [0.5, 0.6) is 0 Å². The second-order valence-corrected chi connectivity index (χ2v) is 10.5. The van der Waals surface area contributed by atoms with Crippen molar-refractivity contribution in [3.05, 3.63) is 55.4 Å². The fourth-order valence-corrected chi connectivity index (χ4v) is 6.12. The zero-order chi connectivity index (χ0) is 24.7. The van der Waals surface area contributed by atoms with Gasteiger partial charge in [0, 0.05) is 5.69 Å². The number of sulfonamides is 1. The highest BCUT2D eigenvalue weighted by molar-refractivity contribution is 7.93. The molecule has 3 aromatic rings. The Labute approximate surface area is 199 Å². The Morgan fingerprint density at radius 2 is 1.88 bits per heavy atom. The molecule has 0 aliphatic rings. The summed E-state index contributed by atoms with van der Waals surface area (Å²) in [6.07, 6.45) is 0. The normalized spacial score (nSPS) is 12.4. The summed E-state index contributed by atoms with van der Waals surface area (Å²) in [5.41, 5.74) is 3.48. The lowest BCUT2D eigenvalue weighted by Gasteiger charge is -2.20. The number of amides is 1. The van der Waals surface area contributed by atoms with Gasteiger partial charge < -0.3 is 14.9 Å². The fourth-order valence-electron chi connectivity index (χ4n) is 3.63. The molecule has 0 spiro atoms. The number of halogens is 1. The first-order valence-electron chi connectivity index (χ1n) is 9.72. The third kappa shape index (κ3) is 4.75. The molecule has 2 heterocycles. The molecule has 33 heavy (non-hydrogen) atoms. The molecule has 1 aromatic carbocycles. The monoisotopic (exact) mass is 511 g/mol. The zero-order valence-electron chi connectivity index (χ0n) is 18.4. The number of nitrogens with one attached hydrogen (secondary N) is 2. The molecule has 0 fully saturated rings. The van der Waals surface area contributed by atoms with Gasteiger partial charge in [-0.15, -0.1) is 11.3 Å². The molecule has 12 heteroatoms. The van der Waals surface area contributed by atoms with Gasteiger partial charge in [0.2, 0.25) is 0 Å². The molecule has 1 amide bonds. The van der Waals surface area contributed by atoms with Crippen LogP contribution >= 0.6 is 22.9 Å². The molecule has 1 unspecified atom stereocenters. The van der Waals surface area contributed by atoms with E-state index in [4.69, 9.17) is 16.1 Å².